The van der Waals surface area contributed by atoms with E-state index in [1.54, 1.807) is 0 Å². The van der Waals surface area contributed by atoms with E-state index in [2.05, 4.69) is 42.1 Å². The van der Waals surface area contributed by atoms with Gasteiger partial charge in [-0.05, 0) is 47.5 Å². The van der Waals surface area contributed by atoms with Crippen molar-refractivity contribution in [3.63, 3.8) is 0 Å². The molecule has 2 aromatic heterocycles. The second-order valence-electron chi connectivity index (χ2n) is 6.34. The molecule has 1 spiro atoms. The Morgan fingerprint density at radius 2 is 2.14 bits per heavy atom. The summed E-state index contributed by atoms with van der Waals surface area (Å²) in [5.74, 6) is 0.993. The van der Waals surface area contributed by atoms with Crippen LogP contribution in [0.15, 0.2) is 23.1 Å². The van der Waals surface area contributed by atoms with Crippen molar-refractivity contribution in [3.05, 3.63) is 23.1 Å². The third-order valence-electron chi connectivity index (χ3n) is 4.86. The van der Waals surface area contributed by atoms with Crippen molar-refractivity contribution in [1.29, 1.82) is 0 Å². The van der Waals surface area contributed by atoms with Gasteiger partial charge in [-0.2, -0.15) is 0 Å². The molecule has 0 radical (unpaired) electrons. The number of hydrogen-bond donors (Lipinski definition) is 0. The van der Waals surface area contributed by atoms with Crippen molar-refractivity contribution in [1.82, 2.24) is 14.4 Å². The fourth-order valence-electron chi connectivity index (χ4n) is 3.69. The number of aromatic nitrogens is 3. The number of halogens is 1. The van der Waals surface area contributed by atoms with E-state index in [9.17, 15) is 0 Å². The second kappa shape index (κ2) is 4.95. The fraction of sp³-hybridized carbons (Fsp3) is 0.600. The van der Waals surface area contributed by atoms with Crippen molar-refractivity contribution in [2.24, 2.45) is 5.41 Å². The van der Waals surface area contributed by atoms with Gasteiger partial charge in [-0.3, -0.25) is 4.40 Å². The van der Waals surface area contributed by atoms with Crippen LogP contribution in [0, 0.1) is 5.41 Å². The molecular formula is C15H19BrN4O. The van der Waals surface area contributed by atoms with E-state index in [0.717, 1.165) is 35.8 Å². The number of rotatable bonds is 1. The van der Waals surface area contributed by atoms with E-state index in [1.807, 2.05) is 18.6 Å². The number of fused-ring (bicyclic) bond motifs is 1. The Morgan fingerprint density at radius 1 is 1.33 bits per heavy atom. The molecule has 0 amide bonds. The lowest BCUT2D eigenvalue weighted by Gasteiger charge is -2.39. The fourth-order valence-corrected chi connectivity index (χ4v) is 4.08. The van der Waals surface area contributed by atoms with Gasteiger partial charge in [0.1, 0.15) is 0 Å². The molecule has 4 rings (SSSR count). The molecule has 2 aliphatic heterocycles. The van der Waals surface area contributed by atoms with Gasteiger partial charge in [0, 0.05) is 31.7 Å². The number of nitrogens with zero attached hydrogens (tertiary/aromatic N) is 4. The Morgan fingerprint density at radius 3 is 2.86 bits per heavy atom. The third kappa shape index (κ3) is 2.25. The molecule has 0 bridgehead atoms. The van der Waals surface area contributed by atoms with Crippen molar-refractivity contribution in [2.75, 3.05) is 24.6 Å². The highest BCUT2D eigenvalue weighted by Crippen LogP contribution is 2.42. The maximum Gasteiger partial charge on any atom is 0.211 e. The van der Waals surface area contributed by atoms with Crippen molar-refractivity contribution in [2.45, 2.75) is 32.3 Å². The van der Waals surface area contributed by atoms with Crippen LogP contribution in [0.5, 0.6) is 0 Å². The average Bonchev–Trinajstić information content (AvgIpc) is 3.09. The summed E-state index contributed by atoms with van der Waals surface area (Å²) in [5.41, 5.74) is 1.33. The number of ether oxygens (including phenoxy) is 1. The monoisotopic (exact) mass is 350 g/mol. The van der Waals surface area contributed by atoms with Gasteiger partial charge in [0.05, 0.1) is 17.2 Å². The van der Waals surface area contributed by atoms with E-state index < -0.39 is 0 Å². The van der Waals surface area contributed by atoms with Crippen LogP contribution >= 0.6 is 15.9 Å². The molecule has 0 N–H and O–H groups in total. The van der Waals surface area contributed by atoms with Crippen LogP contribution in [-0.4, -0.2) is 40.2 Å². The summed E-state index contributed by atoms with van der Waals surface area (Å²) in [4.78, 5) is 11.4. The molecule has 21 heavy (non-hydrogen) atoms. The Balaban J connectivity index is 1.58. The standard InChI is InChI=1S/C15H19BrN4O/c1-11-8-15(10-21-11)2-5-19(6-3-15)14-18-9-12(16)13-17-4-7-20(13)14/h4,7,9,11H,2-3,5-6,8,10H2,1H3/t11-/m0/s1. The van der Waals surface area contributed by atoms with Gasteiger partial charge in [-0.15, -0.1) is 0 Å². The van der Waals surface area contributed by atoms with Crippen LogP contribution in [-0.2, 0) is 4.74 Å². The maximum absolute atomic E-state index is 5.81. The Bertz CT molecular complexity index is 663. The zero-order chi connectivity index (χ0) is 14.4. The number of hydrogen-bond acceptors (Lipinski definition) is 4. The molecular weight excluding hydrogens is 332 g/mol. The Labute approximate surface area is 132 Å². The van der Waals surface area contributed by atoms with Crippen LogP contribution in [0.4, 0.5) is 5.95 Å². The van der Waals surface area contributed by atoms with Crippen LogP contribution in [0.25, 0.3) is 5.65 Å². The Kier molecular flexibility index (Phi) is 3.19. The minimum absolute atomic E-state index is 0.402. The Hall–Kier alpha value is -1.14. The summed E-state index contributed by atoms with van der Waals surface area (Å²) >= 11 is 3.51. The average molecular weight is 351 g/mol. The lowest BCUT2D eigenvalue weighted by molar-refractivity contribution is 0.0975. The van der Waals surface area contributed by atoms with Gasteiger partial charge < -0.3 is 9.64 Å². The molecule has 2 fully saturated rings. The van der Waals surface area contributed by atoms with Gasteiger partial charge in [0.25, 0.3) is 0 Å². The highest BCUT2D eigenvalue weighted by atomic mass is 79.9. The summed E-state index contributed by atoms with van der Waals surface area (Å²) in [6.07, 6.45) is 9.65. The first-order valence-electron chi connectivity index (χ1n) is 7.51. The second-order valence-corrected chi connectivity index (χ2v) is 7.19. The first kappa shape index (κ1) is 13.5. The first-order valence-corrected chi connectivity index (χ1v) is 8.30. The smallest absolute Gasteiger partial charge is 0.211 e. The van der Waals surface area contributed by atoms with Gasteiger partial charge in [0.15, 0.2) is 5.65 Å². The molecule has 4 heterocycles. The highest BCUT2D eigenvalue weighted by molar-refractivity contribution is 9.10. The van der Waals surface area contributed by atoms with Gasteiger partial charge in [-0.25, -0.2) is 9.97 Å². The molecule has 112 valence electrons. The zero-order valence-corrected chi connectivity index (χ0v) is 13.7. The summed E-state index contributed by atoms with van der Waals surface area (Å²) in [7, 11) is 0. The van der Waals surface area contributed by atoms with E-state index in [-0.39, 0.29) is 0 Å². The molecule has 5 nitrogen and oxygen atoms in total. The minimum Gasteiger partial charge on any atom is -0.378 e. The largest absolute Gasteiger partial charge is 0.378 e. The summed E-state index contributed by atoms with van der Waals surface area (Å²) in [5, 5.41) is 0. The molecule has 0 aromatic carbocycles. The molecule has 1 atom stereocenters. The minimum atomic E-state index is 0.402. The third-order valence-corrected chi connectivity index (χ3v) is 5.42. The zero-order valence-electron chi connectivity index (χ0n) is 12.1. The quantitative estimate of drug-likeness (QED) is 0.792. The predicted octanol–water partition coefficient (Wildman–Crippen LogP) is 2.89. The van der Waals surface area contributed by atoms with Gasteiger partial charge >= 0.3 is 0 Å². The van der Waals surface area contributed by atoms with Crippen LogP contribution in [0.3, 0.4) is 0 Å². The molecule has 0 unspecified atom stereocenters. The van der Waals surface area contributed by atoms with E-state index in [0.29, 0.717) is 11.5 Å². The lowest BCUT2D eigenvalue weighted by atomic mass is 9.77. The summed E-state index contributed by atoms with van der Waals surface area (Å²) < 4.78 is 8.80. The molecule has 2 saturated heterocycles. The van der Waals surface area contributed by atoms with Crippen molar-refractivity contribution in [3.8, 4) is 0 Å². The molecule has 0 aliphatic carbocycles. The molecule has 6 heteroatoms. The van der Waals surface area contributed by atoms with E-state index in [4.69, 9.17) is 4.74 Å². The topological polar surface area (TPSA) is 42.7 Å². The molecule has 2 aromatic rings. The highest BCUT2D eigenvalue weighted by Gasteiger charge is 2.41. The lowest BCUT2D eigenvalue weighted by Crippen LogP contribution is -2.41. The normalized spacial score (nSPS) is 25.0. The summed E-state index contributed by atoms with van der Waals surface area (Å²) in [6.45, 7) is 5.19. The van der Waals surface area contributed by atoms with Gasteiger partial charge in [-0.1, -0.05) is 0 Å². The first-order chi connectivity index (χ1) is 10.2. The van der Waals surface area contributed by atoms with Crippen LogP contribution in [0.1, 0.15) is 26.2 Å². The number of imidazole rings is 1. The maximum atomic E-state index is 5.81. The van der Waals surface area contributed by atoms with Crippen molar-refractivity contribution >= 4 is 27.5 Å². The van der Waals surface area contributed by atoms with Crippen LogP contribution in [0.2, 0.25) is 0 Å². The molecule has 2 aliphatic rings. The summed E-state index contributed by atoms with van der Waals surface area (Å²) in [6, 6.07) is 0. The predicted molar refractivity (Wildman–Crippen MR) is 84.6 cm³/mol. The van der Waals surface area contributed by atoms with Crippen LogP contribution < -0.4 is 4.90 Å². The SMILES string of the molecule is C[C@H]1CC2(CCN(c3ncc(Br)c4nccn34)CC2)CO1. The molecule has 0 saturated carbocycles. The van der Waals surface area contributed by atoms with Gasteiger partial charge in [0.2, 0.25) is 5.95 Å². The van der Waals surface area contributed by atoms with E-state index >= 15 is 0 Å². The van der Waals surface area contributed by atoms with Crippen molar-refractivity contribution < 1.29 is 4.74 Å². The number of anilines is 1. The number of piperidine rings is 1. The van der Waals surface area contributed by atoms with E-state index in [1.165, 1.54) is 19.3 Å².